The van der Waals surface area contributed by atoms with Gasteiger partial charge in [-0.15, -0.1) is 6.42 Å². The first-order valence-corrected chi connectivity index (χ1v) is 2.88. The molecule has 0 fully saturated rings. The third-order valence-electron chi connectivity index (χ3n) is 0.877. The minimum Gasteiger partial charge on any atom is -0.300 e. The van der Waals surface area contributed by atoms with Gasteiger partial charge in [-0.1, -0.05) is 12.0 Å². The number of carbonyl (C=O) groups is 1. The van der Waals surface area contributed by atoms with Crippen molar-refractivity contribution < 1.29 is 4.79 Å². The molecule has 0 aliphatic rings. The molecule has 0 heterocycles. The lowest BCUT2D eigenvalue weighted by atomic mass is 10.2. The number of allylic oxidation sites excluding steroid dienone is 2. The van der Waals surface area contributed by atoms with Crippen LogP contribution in [0.25, 0.3) is 0 Å². The van der Waals surface area contributed by atoms with Crippen LogP contribution in [0.3, 0.4) is 0 Å². The number of terminal acetylenes is 1. The van der Waals surface area contributed by atoms with E-state index in [1.807, 2.05) is 6.08 Å². The van der Waals surface area contributed by atoms with E-state index in [0.29, 0.717) is 6.42 Å². The fourth-order valence-corrected chi connectivity index (χ4v) is 0.438. The van der Waals surface area contributed by atoms with Crippen LogP contribution in [0.1, 0.15) is 19.8 Å². The molecule has 0 radical (unpaired) electrons. The van der Waals surface area contributed by atoms with Crippen molar-refractivity contribution in [3.05, 3.63) is 12.2 Å². The molecular weight excluding hydrogens is 112 g/mol. The molecule has 0 saturated carbocycles. The molecule has 0 unspecified atom stereocenters. The van der Waals surface area contributed by atoms with E-state index in [1.165, 1.54) is 0 Å². The molecule has 0 aliphatic heterocycles. The molecule has 0 N–H and O–H groups in total. The zero-order chi connectivity index (χ0) is 7.11. The molecule has 0 atom stereocenters. The summed E-state index contributed by atoms with van der Waals surface area (Å²) in [5, 5.41) is 0. The highest BCUT2D eigenvalue weighted by Crippen LogP contribution is 1.90. The van der Waals surface area contributed by atoms with Gasteiger partial charge in [-0.05, 0) is 19.4 Å². The smallest absolute Gasteiger partial charge is 0.130 e. The molecule has 0 aromatic heterocycles. The van der Waals surface area contributed by atoms with Gasteiger partial charge < -0.3 is 4.79 Å². The summed E-state index contributed by atoms with van der Waals surface area (Å²) in [6, 6.07) is 0. The van der Waals surface area contributed by atoms with Gasteiger partial charge >= 0.3 is 0 Å². The van der Waals surface area contributed by atoms with Crippen molar-refractivity contribution in [2.75, 3.05) is 0 Å². The van der Waals surface area contributed by atoms with E-state index in [-0.39, 0.29) is 5.78 Å². The standard InChI is InChI=1S/C8H10O/c1-3-4-5-6-7-8(2)9/h1,4-5H,6-7H2,2H3. The summed E-state index contributed by atoms with van der Waals surface area (Å²) in [6.07, 6.45) is 9.72. The molecule has 9 heavy (non-hydrogen) atoms. The lowest BCUT2D eigenvalue weighted by molar-refractivity contribution is -0.116. The van der Waals surface area contributed by atoms with E-state index in [9.17, 15) is 4.79 Å². The second kappa shape index (κ2) is 5.11. The first-order chi connectivity index (χ1) is 4.27. The quantitative estimate of drug-likeness (QED) is 0.519. The fraction of sp³-hybridized carbons (Fsp3) is 0.375. The molecule has 0 aromatic carbocycles. The first-order valence-electron chi connectivity index (χ1n) is 2.88. The molecule has 0 saturated heterocycles. The summed E-state index contributed by atoms with van der Waals surface area (Å²) >= 11 is 0. The molecule has 0 aliphatic carbocycles. The highest BCUT2D eigenvalue weighted by Gasteiger charge is 1.86. The number of hydrogen-bond acceptors (Lipinski definition) is 1. The van der Waals surface area contributed by atoms with E-state index in [2.05, 4.69) is 5.92 Å². The Morgan fingerprint density at radius 3 is 2.89 bits per heavy atom. The Kier molecular flexibility index (Phi) is 4.53. The van der Waals surface area contributed by atoms with Crippen LogP contribution in [0.2, 0.25) is 0 Å². The van der Waals surface area contributed by atoms with Crippen molar-refractivity contribution >= 4 is 5.78 Å². The van der Waals surface area contributed by atoms with Crippen LogP contribution in [0, 0.1) is 12.3 Å². The van der Waals surface area contributed by atoms with Gasteiger partial charge in [0.2, 0.25) is 0 Å². The Hall–Kier alpha value is -1.03. The van der Waals surface area contributed by atoms with Gasteiger partial charge in [-0.2, -0.15) is 0 Å². The van der Waals surface area contributed by atoms with Crippen molar-refractivity contribution in [1.82, 2.24) is 0 Å². The van der Waals surface area contributed by atoms with Crippen LogP contribution in [0.4, 0.5) is 0 Å². The van der Waals surface area contributed by atoms with Gasteiger partial charge in [0, 0.05) is 6.42 Å². The maximum Gasteiger partial charge on any atom is 0.130 e. The maximum absolute atomic E-state index is 10.3. The van der Waals surface area contributed by atoms with Crippen molar-refractivity contribution in [1.29, 1.82) is 0 Å². The van der Waals surface area contributed by atoms with Gasteiger partial charge in [0.05, 0.1) is 0 Å². The monoisotopic (exact) mass is 122 g/mol. The molecule has 1 nitrogen and oxygen atoms in total. The molecular formula is C8H10O. The first kappa shape index (κ1) is 7.97. The van der Waals surface area contributed by atoms with E-state index < -0.39 is 0 Å². The van der Waals surface area contributed by atoms with E-state index in [1.54, 1.807) is 13.0 Å². The second-order valence-electron chi connectivity index (χ2n) is 1.81. The SMILES string of the molecule is C#CC=CCCC(C)=O. The Morgan fingerprint density at radius 2 is 2.44 bits per heavy atom. The van der Waals surface area contributed by atoms with Crippen LogP contribution >= 0.6 is 0 Å². The summed E-state index contributed by atoms with van der Waals surface area (Å²) in [7, 11) is 0. The zero-order valence-electron chi connectivity index (χ0n) is 5.55. The minimum atomic E-state index is 0.205. The largest absolute Gasteiger partial charge is 0.300 e. The van der Waals surface area contributed by atoms with Gasteiger partial charge in [-0.25, -0.2) is 0 Å². The van der Waals surface area contributed by atoms with Crippen molar-refractivity contribution in [3.8, 4) is 12.3 Å². The lowest BCUT2D eigenvalue weighted by Gasteiger charge is -1.84. The Labute approximate surface area is 55.8 Å². The third kappa shape index (κ3) is 6.97. The number of Topliss-reactive ketones (excluding diaryl/α,β-unsaturated/α-hetero) is 1. The minimum absolute atomic E-state index is 0.205. The molecule has 0 amide bonds. The molecule has 0 aromatic rings. The summed E-state index contributed by atoms with van der Waals surface area (Å²) in [5.41, 5.74) is 0. The predicted octanol–water partition coefficient (Wildman–Crippen LogP) is 1.54. The number of ketones is 1. The van der Waals surface area contributed by atoms with E-state index in [4.69, 9.17) is 6.42 Å². The van der Waals surface area contributed by atoms with Gasteiger partial charge in [-0.3, -0.25) is 0 Å². The molecule has 0 rings (SSSR count). The molecule has 48 valence electrons. The number of rotatable bonds is 3. The summed E-state index contributed by atoms with van der Waals surface area (Å²) in [5.74, 6) is 2.55. The van der Waals surface area contributed by atoms with Crippen LogP contribution in [0.5, 0.6) is 0 Å². The highest BCUT2D eigenvalue weighted by atomic mass is 16.1. The average Bonchev–Trinajstić information content (AvgIpc) is 1.80. The van der Waals surface area contributed by atoms with Gasteiger partial charge in [0.15, 0.2) is 0 Å². The van der Waals surface area contributed by atoms with E-state index >= 15 is 0 Å². The molecule has 1 heteroatoms. The Bertz CT molecular complexity index is 148. The topological polar surface area (TPSA) is 17.1 Å². The van der Waals surface area contributed by atoms with Crippen molar-refractivity contribution in [2.45, 2.75) is 19.8 Å². The average molecular weight is 122 g/mol. The fourth-order valence-electron chi connectivity index (χ4n) is 0.438. The summed E-state index contributed by atoms with van der Waals surface area (Å²) < 4.78 is 0. The van der Waals surface area contributed by atoms with Crippen molar-refractivity contribution in [2.24, 2.45) is 0 Å². The Balaban J connectivity index is 3.22. The highest BCUT2D eigenvalue weighted by molar-refractivity contribution is 5.75. The lowest BCUT2D eigenvalue weighted by Crippen LogP contribution is -1.85. The van der Waals surface area contributed by atoms with Crippen LogP contribution in [-0.4, -0.2) is 5.78 Å². The number of hydrogen-bond donors (Lipinski definition) is 0. The maximum atomic E-state index is 10.3. The van der Waals surface area contributed by atoms with Gasteiger partial charge in [0.1, 0.15) is 5.78 Å². The summed E-state index contributed by atoms with van der Waals surface area (Å²) in [6.45, 7) is 1.57. The zero-order valence-corrected chi connectivity index (χ0v) is 5.55. The predicted molar refractivity (Wildman–Crippen MR) is 37.9 cm³/mol. The van der Waals surface area contributed by atoms with Crippen LogP contribution in [-0.2, 0) is 4.79 Å². The van der Waals surface area contributed by atoms with Gasteiger partial charge in [0.25, 0.3) is 0 Å². The van der Waals surface area contributed by atoms with Crippen molar-refractivity contribution in [3.63, 3.8) is 0 Å². The van der Waals surface area contributed by atoms with Crippen LogP contribution in [0.15, 0.2) is 12.2 Å². The summed E-state index contributed by atoms with van der Waals surface area (Å²) in [4.78, 5) is 10.3. The molecule has 0 spiro atoms. The third-order valence-corrected chi connectivity index (χ3v) is 0.877. The molecule has 0 bridgehead atoms. The Morgan fingerprint density at radius 1 is 1.78 bits per heavy atom. The normalized spacial score (nSPS) is 9.33. The van der Waals surface area contributed by atoms with Crippen LogP contribution < -0.4 is 0 Å². The second-order valence-corrected chi connectivity index (χ2v) is 1.81. The number of carbonyl (C=O) groups excluding carboxylic acids is 1. The van der Waals surface area contributed by atoms with E-state index in [0.717, 1.165) is 6.42 Å².